The van der Waals surface area contributed by atoms with E-state index in [4.69, 9.17) is 4.74 Å². The van der Waals surface area contributed by atoms with E-state index >= 15 is 0 Å². The minimum atomic E-state index is -0.284. The fourth-order valence-electron chi connectivity index (χ4n) is 7.71. The molecule has 0 aromatic carbocycles. The molecule has 1 unspecified atom stereocenters. The second-order valence-corrected chi connectivity index (χ2v) is 9.74. The molecule has 0 aliphatic heterocycles. The lowest BCUT2D eigenvalue weighted by Crippen LogP contribution is -2.56. The highest BCUT2D eigenvalue weighted by molar-refractivity contribution is 5.13. The van der Waals surface area contributed by atoms with Gasteiger partial charge in [-0.1, -0.05) is 13.8 Å². The zero-order valence-corrected chi connectivity index (χ0v) is 15.5. The first-order chi connectivity index (χ1) is 11.4. The topological polar surface area (TPSA) is 53.2 Å². The van der Waals surface area contributed by atoms with Crippen molar-refractivity contribution in [3.05, 3.63) is 0 Å². The van der Waals surface area contributed by atoms with E-state index in [1.54, 1.807) is 7.11 Å². The predicted octanol–water partition coefficient (Wildman–Crippen LogP) is 4.15. The maximum Gasteiger partial charge on any atom is 0.0835 e. The van der Waals surface area contributed by atoms with Crippen LogP contribution in [0.5, 0.6) is 0 Å². The van der Waals surface area contributed by atoms with Crippen molar-refractivity contribution in [2.45, 2.75) is 77.4 Å². The van der Waals surface area contributed by atoms with Crippen molar-refractivity contribution in [3.63, 3.8) is 0 Å². The molecule has 0 spiro atoms. The molecule has 3 nitrogen and oxygen atoms in total. The molecule has 3 heteroatoms. The minimum Gasteiger partial charge on any atom is -0.390 e. The molecule has 4 aliphatic rings. The first-order valence-electron chi connectivity index (χ1n) is 10.0. The Morgan fingerprint density at radius 2 is 1.79 bits per heavy atom. The Hall–Kier alpha value is -0.590. The van der Waals surface area contributed by atoms with Gasteiger partial charge in [-0.3, -0.25) is 0 Å². The summed E-state index contributed by atoms with van der Waals surface area (Å²) in [6.45, 7) is 4.90. The monoisotopic (exact) mass is 331 g/mol. The molecule has 0 radical (unpaired) electrons. The number of aliphatic hydroxyl groups excluding tert-OH is 1. The van der Waals surface area contributed by atoms with Crippen LogP contribution in [0.4, 0.5) is 0 Å². The van der Waals surface area contributed by atoms with Crippen molar-refractivity contribution < 1.29 is 9.84 Å². The summed E-state index contributed by atoms with van der Waals surface area (Å²) in [6, 6.07) is 2.63. The molecule has 4 aliphatic carbocycles. The summed E-state index contributed by atoms with van der Waals surface area (Å²) >= 11 is 0. The highest BCUT2D eigenvalue weighted by Crippen LogP contribution is 2.67. The number of methoxy groups -OCH3 is 1. The lowest BCUT2D eigenvalue weighted by Gasteiger charge is -2.61. The fourth-order valence-corrected chi connectivity index (χ4v) is 7.71. The summed E-state index contributed by atoms with van der Waals surface area (Å²) in [6.07, 6.45) is 9.09. The summed E-state index contributed by atoms with van der Waals surface area (Å²) in [5.41, 5.74) is 0.572. The van der Waals surface area contributed by atoms with E-state index in [9.17, 15) is 10.4 Å². The maximum atomic E-state index is 10.4. The summed E-state index contributed by atoms with van der Waals surface area (Å²) in [4.78, 5) is 0. The molecule has 4 fully saturated rings. The first-order valence-corrected chi connectivity index (χ1v) is 10.0. The van der Waals surface area contributed by atoms with Crippen LogP contribution < -0.4 is 0 Å². The molecule has 24 heavy (non-hydrogen) atoms. The molecule has 4 rings (SSSR count). The second-order valence-electron chi connectivity index (χ2n) is 9.74. The SMILES string of the molecule is CO[C@@H]1CC2(C)[C@@H](CC[C@@H]3[C@@H]2CC[C@]2(C)[C@@H](C#N)CC[C@@H]32)C[C@@H]1O. The van der Waals surface area contributed by atoms with Crippen molar-refractivity contribution in [1.82, 2.24) is 0 Å². The van der Waals surface area contributed by atoms with Crippen molar-refractivity contribution in [2.75, 3.05) is 7.11 Å². The van der Waals surface area contributed by atoms with Gasteiger partial charge in [0.25, 0.3) is 0 Å². The predicted molar refractivity (Wildman–Crippen MR) is 93.0 cm³/mol. The van der Waals surface area contributed by atoms with Crippen LogP contribution in [0.15, 0.2) is 0 Å². The number of nitriles is 1. The zero-order valence-electron chi connectivity index (χ0n) is 15.5. The lowest BCUT2D eigenvalue weighted by molar-refractivity contribution is -0.164. The highest BCUT2D eigenvalue weighted by atomic mass is 16.5. The lowest BCUT2D eigenvalue weighted by atomic mass is 9.44. The van der Waals surface area contributed by atoms with Gasteiger partial charge in [0.1, 0.15) is 0 Å². The first kappa shape index (κ1) is 16.9. The van der Waals surface area contributed by atoms with Gasteiger partial charge in [0.05, 0.1) is 24.2 Å². The van der Waals surface area contributed by atoms with E-state index in [0.717, 1.165) is 37.0 Å². The third kappa shape index (κ3) is 2.15. The van der Waals surface area contributed by atoms with Gasteiger partial charge in [-0.15, -0.1) is 0 Å². The van der Waals surface area contributed by atoms with Gasteiger partial charge in [0, 0.05) is 7.11 Å². The molecule has 134 valence electrons. The maximum absolute atomic E-state index is 10.4. The Kier molecular flexibility index (Phi) is 4.01. The van der Waals surface area contributed by atoms with Crippen molar-refractivity contribution >= 4 is 0 Å². The van der Waals surface area contributed by atoms with Gasteiger partial charge in [0.2, 0.25) is 0 Å². The summed E-state index contributed by atoms with van der Waals surface area (Å²) < 4.78 is 5.65. The molecule has 0 aromatic heterocycles. The molecule has 0 amide bonds. The fraction of sp³-hybridized carbons (Fsp3) is 0.952. The Balaban J connectivity index is 1.62. The van der Waals surface area contributed by atoms with Crippen molar-refractivity contribution in [2.24, 2.45) is 40.4 Å². The second kappa shape index (κ2) is 5.71. The Labute approximate surface area is 146 Å². The molecule has 0 heterocycles. The van der Waals surface area contributed by atoms with Crippen LogP contribution in [-0.4, -0.2) is 24.4 Å². The van der Waals surface area contributed by atoms with Crippen molar-refractivity contribution in [1.29, 1.82) is 5.26 Å². The average Bonchev–Trinajstić information content (AvgIpc) is 2.91. The van der Waals surface area contributed by atoms with Gasteiger partial charge in [0.15, 0.2) is 0 Å². The molecule has 0 aromatic rings. The third-order valence-corrected chi connectivity index (χ3v) is 9.12. The van der Waals surface area contributed by atoms with E-state index in [1.165, 1.54) is 32.1 Å². The van der Waals surface area contributed by atoms with Gasteiger partial charge in [-0.2, -0.15) is 5.26 Å². The Morgan fingerprint density at radius 3 is 2.50 bits per heavy atom. The third-order valence-electron chi connectivity index (χ3n) is 9.12. The van der Waals surface area contributed by atoms with E-state index in [1.807, 2.05) is 0 Å². The van der Waals surface area contributed by atoms with E-state index in [0.29, 0.717) is 11.3 Å². The molecule has 1 N–H and O–H groups in total. The van der Waals surface area contributed by atoms with E-state index in [2.05, 4.69) is 19.9 Å². The Bertz CT molecular complexity index is 542. The molecule has 4 saturated carbocycles. The van der Waals surface area contributed by atoms with Crippen LogP contribution >= 0.6 is 0 Å². The summed E-state index contributed by atoms with van der Waals surface area (Å²) in [5, 5.41) is 20.0. The normalized spacial score (nSPS) is 56.7. The highest BCUT2D eigenvalue weighted by Gasteiger charge is 2.61. The zero-order chi connectivity index (χ0) is 17.1. The standard InChI is InChI=1S/C21H33NO2/c1-20-9-8-17-15(16(20)7-5-14(20)12-22)6-4-13-10-18(23)19(24-3)11-21(13,17)2/h13-19,23H,4-11H2,1-3H3/t13-,14+,15-,16-,17-,18-,19+,20+,21?/m0/s1. The molecule has 0 bridgehead atoms. The van der Waals surface area contributed by atoms with Gasteiger partial charge in [-0.05, 0) is 85.9 Å². The molecule has 0 saturated heterocycles. The number of nitrogens with zero attached hydrogens (tertiary/aromatic N) is 1. The van der Waals surface area contributed by atoms with E-state index in [-0.39, 0.29) is 23.5 Å². The largest absolute Gasteiger partial charge is 0.390 e. The number of ether oxygens (including phenoxy) is 1. The van der Waals surface area contributed by atoms with Gasteiger partial charge < -0.3 is 9.84 Å². The molecular formula is C21H33NO2. The van der Waals surface area contributed by atoms with Crippen molar-refractivity contribution in [3.8, 4) is 6.07 Å². The van der Waals surface area contributed by atoms with Crippen LogP contribution in [0.3, 0.4) is 0 Å². The minimum absolute atomic E-state index is 0.00810. The summed E-state index contributed by atoms with van der Waals surface area (Å²) in [7, 11) is 1.75. The van der Waals surface area contributed by atoms with Crippen LogP contribution in [-0.2, 0) is 4.74 Å². The number of hydrogen-bond donors (Lipinski definition) is 1. The van der Waals surface area contributed by atoms with Crippen LogP contribution in [0, 0.1) is 51.8 Å². The Morgan fingerprint density at radius 1 is 1.04 bits per heavy atom. The quantitative estimate of drug-likeness (QED) is 0.785. The molecule has 9 atom stereocenters. The van der Waals surface area contributed by atoms with Gasteiger partial charge >= 0.3 is 0 Å². The smallest absolute Gasteiger partial charge is 0.0835 e. The number of hydrogen-bond acceptors (Lipinski definition) is 3. The average molecular weight is 332 g/mol. The number of rotatable bonds is 1. The van der Waals surface area contributed by atoms with Crippen LogP contribution in [0.1, 0.15) is 65.2 Å². The van der Waals surface area contributed by atoms with E-state index < -0.39 is 0 Å². The van der Waals surface area contributed by atoms with Gasteiger partial charge in [-0.25, -0.2) is 0 Å². The number of fused-ring (bicyclic) bond motifs is 5. The van der Waals surface area contributed by atoms with Crippen LogP contribution in [0.25, 0.3) is 0 Å². The number of aliphatic hydroxyl groups is 1. The van der Waals surface area contributed by atoms with Crippen LogP contribution in [0.2, 0.25) is 0 Å². The molecular weight excluding hydrogens is 298 g/mol. The summed E-state index contributed by atoms with van der Waals surface area (Å²) in [5.74, 6) is 3.21.